The van der Waals surface area contributed by atoms with Gasteiger partial charge in [0.15, 0.2) is 5.17 Å². The average molecular weight is 657 g/mol. The number of alkyl halides is 3. The Morgan fingerprint density at radius 2 is 1.70 bits per heavy atom. The maximum Gasteiger partial charge on any atom is 0.573 e. The summed E-state index contributed by atoms with van der Waals surface area (Å²) in [6.07, 6.45) is -3.34. The molecule has 244 valence electrons. The molecule has 0 aliphatic rings. The number of benzene rings is 3. The van der Waals surface area contributed by atoms with Gasteiger partial charge in [0.25, 0.3) is 0 Å². The van der Waals surface area contributed by atoms with Crippen LogP contribution >= 0.6 is 11.8 Å². The van der Waals surface area contributed by atoms with Gasteiger partial charge in [-0.05, 0) is 104 Å². The number of amidine groups is 2. The topological polar surface area (TPSA) is 158 Å². The van der Waals surface area contributed by atoms with Crippen molar-refractivity contribution in [3.05, 3.63) is 82.4 Å². The van der Waals surface area contributed by atoms with Gasteiger partial charge >= 0.3 is 12.3 Å². The number of halogens is 3. The van der Waals surface area contributed by atoms with Gasteiger partial charge in [-0.3, -0.25) is 4.79 Å². The molecule has 0 aromatic heterocycles. The molecule has 3 rings (SSSR count). The van der Waals surface area contributed by atoms with Gasteiger partial charge in [-0.2, -0.15) is 0 Å². The lowest BCUT2D eigenvalue weighted by Crippen LogP contribution is -2.20. The molecule has 0 aliphatic carbocycles. The first kappa shape index (κ1) is 35.6. The molecular weight excluding hydrogens is 621 g/mol. The number of carbonyl (C=O) groups excluding carboxylic acids is 1. The van der Waals surface area contributed by atoms with Crippen LogP contribution in [0.15, 0.2) is 69.6 Å². The number of aliphatic imine (C=N–C) groups is 3. The zero-order valence-electron chi connectivity index (χ0n) is 25.9. The summed E-state index contributed by atoms with van der Waals surface area (Å²) in [6, 6.07) is 13.8. The monoisotopic (exact) mass is 656 g/mol. The van der Waals surface area contributed by atoms with Crippen LogP contribution in [0.3, 0.4) is 0 Å². The molecule has 1 unspecified atom stereocenters. The first-order chi connectivity index (χ1) is 21.7. The van der Waals surface area contributed by atoms with Crippen LogP contribution in [-0.4, -0.2) is 48.4 Å². The van der Waals surface area contributed by atoms with Gasteiger partial charge in [-0.15, -0.1) is 13.2 Å². The van der Waals surface area contributed by atoms with Crippen LogP contribution in [-0.2, 0) is 16.0 Å². The summed E-state index contributed by atoms with van der Waals surface area (Å²) in [5.74, 6) is -0.559. The maximum atomic E-state index is 12.8. The van der Waals surface area contributed by atoms with Crippen LogP contribution in [0.2, 0.25) is 0 Å². The highest BCUT2D eigenvalue weighted by molar-refractivity contribution is 8.13. The number of aryl methyl sites for hydroxylation is 2. The summed E-state index contributed by atoms with van der Waals surface area (Å²) in [4.78, 5) is 25.5. The van der Waals surface area contributed by atoms with Gasteiger partial charge in [-0.1, -0.05) is 19.1 Å². The highest BCUT2D eigenvalue weighted by atomic mass is 32.2. The number of nitrogens with two attached hydrogens (primary N) is 2. The normalized spacial score (nSPS) is 13.0. The highest BCUT2D eigenvalue weighted by Crippen LogP contribution is 2.29. The lowest BCUT2D eigenvalue weighted by atomic mass is 9.93. The summed E-state index contributed by atoms with van der Waals surface area (Å²) in [5, 5.41) is 8.42. The van der Waals surface area contributed by atoms with Crippen LogP contribution in [0.5, 0.6) is 11.5 Å². The predicted octanol–water partition coefficient (Wildman–Crippen LogP) is 6.72. The molecule has 0 saturated carbocycles. The second kappa shape index (κ2) is 15.9. The van der Waals surface area contributed by atoms with Crippen molar-refractivity contribution in [3.63, 3.8) is 0 Å². The Labute approximate surface area is 269 Å². The maximum absolute atomic E-state index is 12.8. The van der Waals surface area contributed by atoms with Crippen LogP contribution in [0, 0.1) is 25.2 Å². The fourth-order valence-corrected chi connectivity index (χ4v) is 4.76. The molecule has 1 atom stereocenters. The van der Waals surface area contributed by atoms with Crippen molar-refractivity contribution in [2.75, 3.05) is 13.0 Å². The quantitative estimate of drug-likeness (QED) is 0.0845. The molecule has 14 heteroatoms. The molecule has 0 fully saturated rings. The number of hydrogen-bond acceptors (Lipinski definition) is 8. The molecule has 0 saturated heterocycles. The number of carbonyl (C=O) groups is 1. The predicted molar refractivity (Wildman–Crippen MR) is 176 cm³/mol. The van der Waals surface area contributed by atoms with E-state index in [0.29, 0.717) is 28.1 Å². The van der Waals surface area contributed by atoms with Crippen LogP contribution in [0.25, 0.3) is 0 Å². The van der Waals surface area contributed by atoms with E-state index in [4.69, 9.17) is 26.4 Å². The lowest BCUT2D eigenvalue weighted by molar-refractivity contribution is -0.274. The highest BCUT2D eigenvalue weighted by Gasteiger charge is 2.31. The number of thioether (sulfide) groups is 1. The number of nitrogens with one attached hydrogen (secondary N) is 1. The van der Waals surface area contributed by atoms with Crippen molar-refractivity contribution in [1.82, 2.24) is 0 Å². The third-order valence-electron chi connectivity index (χ3n) is 6.54. The minimum Gasteiger partial charge on any atom is -0.497 e. The van der Waals surface area contributed by atoms with Gasteiger partial charge in [0.05, 0.1) is 24.4 Å². The van der Waals surface area contributed by atoms with Gasteiger partial charge in [0, 0.05) is 11.3 Å². The SMILES string of the molecule is COc1cc(C)c(N=C(N)SCOC(=O)C(C)Cc2cc(C(N)=NC=Nc3ccc(OC(F)(F)F)cc3)ccc2C(C)=N)c(C)c1. The van der Waals surface area contributed by atoms with E-state index in [1.165, 1.54) is 18.5 Å². The average Bonchev–Trinajstić information content (AvgIpc) is 2.98. The van der Waals surface area contributed by atoms with Gasteiger partial charge in [0.1, 0.15) is 29.6 Å². The fourth-order valence-electron chi connectivity index (χ4n) is 4.31. The lowest BCUT2D eigenvalue weighted by Gasteiger charge is -2.15. The molecule has 0 bridgehead atoms. The minimum atomic E-state index is -4.79. The Morgan fingerprint density at radius 3 is 2.28 bits per heavy atom. The molecule has 46 heavy (non-hydrogen) atoms. The van der Waals surface area contributed by atoms with Crippen molar-refractivity contribution in [2.24, 2.45) is 32.4 Å². The molecule has 10 nitrogen and oxygen atoms in total. The van der Waals surface area contributed by atoms with Crippen molar-refractivity contribution in [1.29, 1.82) is 5.41 Å². The summed E-state index contributed by atoms with van der Waals surface area (Å²) in [7, 11) is 1.60. The summed E-state index contributed by atoms with van der Waals surface area (Å²) < 4.78 is 51.6. The van der Waals surface area contributed by atoms with Crippen molar-refractivity contribution in [2.45, 2.75) is 40.5 Å². The van der Waals surface area contributed by atoms with E-state index < -0.39 is 18.2 Å². The number of methoxy groups -OCH3 is 1. The van der Waals surface area contributed by atoms with Crippen molar-refractivity contribution in [3.8, 4) is 11.5 Å². The molecule has 0 radical (unpaired) electrons. The molecule has 5 N–H and O–H groups in total. The van der Waals surface area contributed by atoms with E-state index in [-0.39, 0.29) is 29.1 Å². The first-order valence-electron chi connectivity index (χ1n) is 13.9. The molecule has 0 spiro atoms. The van der Waals surface area contributed by atoms with E-state index >= 15 is 0 Å². The van der Waals surface area contributed by atoms with Crippen LogP contribution < -0.4 is 20.9 Å². The number of nitrogens with zero attached hydrogens (tertiary/aromatic N) is 3. The standard InChI is InChI=1S/C32H35F3N6O4S/c1-18-13-26(43-5)14-19(2)28(18)41-31(38)46-17-44-30(42)20(3)12-23-15-22(6-11-27(23)21(4)36)29(37)40-16-39-24-7-9-25(10-8-24)45-32(33,34)35/h6-11,13-16,20,36H,12,17H2,1-5H3,(H2,38,41)(H2,37,39,40). The third kappa shape index (κ3) is 10.6. The smallest absolute Gasteiger partial charge is 0.497 e. The second-order valence-corrected chi connectivity index (χ2v) is 11.1. The molecule has 3 aromatic rings. The number of rotatable bonds is 12. The van der Waals surface area contributed by atoms with Gasteiger partial charge in [-0.25, -0.2) is 15.0 Å². The minimum absolute atomic E-state index is 0.0275. The largest absolute Gasteiger partial charge is 0.573 e. The molecular formula is C32H35F3N6O4S. The number of hydrogen-bond donors (Lipinski definition) is 3. The zero-order valence-corrected chi connectivity index (χ0v) is 26.8. The molecule has 0 heterocycles. The fraction of sp³-hybridized carbons (Fsp3) is 0.281. The Balaban J connectivity index is 1.63. The van der Waals surface area contributed by atoms with E-state index in [2.05, 4.69) is 19.7 Å². The Kier molecular flexibility index (Phi) is 12.3. The number of ether oxygens (including phenoxy) is 3. The van der Waals surface area contributed by atoms with E-state index in [0.717, 1.165) is 46.5 Å². The van der Waals surface area contributed by atoms with Gasteiger partial charge < -0.3 is 31.1 Å². The van der Waals surface area contributed by atoms with Crippen LogP contribution in [0.1, 0.15) is 41.7 Å². The van der Waals surface area contributed by atoms with Gasteiger partial charge in [0.2, 0.25) is 0 Å². The molecule has 0 aliphatic heterocycles. The van der Waals surface area contributed by atoms with E-state index in [1.54, 1.807) is 39.2 Å². The summed E-state index contributed by atoms with van der Waals surface area (Å²) in [6.45, 7) is 7.17. The Hall–Kier alpha value is -4.85. The van der Waals surface area contributed by atoms with Crippen LogP contribution in [0.4, 0.5) is 24.5 Å². The summed E-state index contributed by atoms with van der Waals surface area (Å²) in [5.41, 5.74) is 17.3. The first-order valence-corrected chi connectivity index (χ1v) is 14.8. The summed E-state index contributed by atoms with van der Waals surface area (Å²) >= 11 is 1.10. The second-order valence-electron chi connectivity index (χ2n) is 10.2. The molecule has 3 aromatic carbocycles. The number of esters is 1. The Morgan fingerprint density at radius 1 is 1.04 bits per heavy atom. The van der Waals surface area contributed by atoms with E-state index in [1.807, 2.05) is 26.0 Å². The Bertz CT molecular complexity index is 1630. The van der Waals surface area contributed by atoms with Crippen molar-refractivity contribution >= 4 is 52.2 Å². The van der Waals surface area contributed by atoms with E-state index in [9.17, 15) is 18.0 Å². The van der Waals surface area contributed by atoms with Crippen molar-refractivity contribution < 1.29 is 32.2 Å². The molecule has 0 amide bonds. The zero-order chi connectivity index (χ0) is 34.0. The third-order valence-corrected chi connectivity index (χ3v) is 7.16.